The van der Waals surface area contributed by atoms with E-state index in [0.717, 1.165) is 0 Å². The highest BCUT2D eigenvalue weighted by Gasteiger charge is 2.32. The molecule has 0 aliphatic rings. The molecular formula is C16H30N2O3. The van der Waals surface area contributed by atoms with Gasteiger partial charge in [-0.15, -0.1) is 0 Å². The SMILES string of the molecule is COC(=O)/C(C)=C/[C@H](C(C)C)N(C)C(=O)[C@@H](N)C(C)(C)C. The Balaban J connectivity index is 5.32. The first-order chi connectivity index (χ1) is 9.43. The maximum Gasteiger partial charge on any atom is 0.333 e. The second-order valence-electron chi connectivity index (χ2n) is 6.87. The van der Waals surface area contributed by atoms with Crippen LogP contribution in [-0.2, 0) is 14.3 Å². The molecule has 2 N–H and O–H groups in total. The van der Waals surface area contributed by atoms with Gasteiger partial charge >= 0.3 is 5.97 Å². The van der Waals surface area contributed by atoms with Crippen LogP contribution in [0.4, 0.5) is 0 Å². The van der Waals surface area contributed by atoms with Crippen LogP contribution in [0.5, 0.6) is 0 Å². The number of carbonyl (C=O) groups is 2. The Morgan fingerprint density at radius 3 is 2.05 bits per heavy atom. The van der Waals surface area contributed by atoms with Gasteiger partial charge < -0.3 is 15.4 Å². The fourth-order valence-corrected chi connectivity index (χ4v) is 1.97. The summed E-state index contributed by atoms with van der Waals surface area (Å²) in [5, 5.41) is 0. The summed E-state index contributed by atoms with van der Waals surface area (Å²) in [4.78, 5) is 25.7. The zero-order valence-electron chi connectivity index (χ0n) is 14.6. The molecule has 2 atom stereocenters. The molecule has 122 valence electrons. The quantitative estimate of drug-likeness (QED) is 0.622. The lowest BCUT2D eigenvalue weighted by Gasteiger charge is -2.35. The van der Waals surface area contributed by atoms with Crippen LogP contribution >= 0.6 is 0 Å². The summed E-state index contributed by atoms with van der Waals surface area (Å²) in [6.45, 7) is 11.5. The lowest BCUT2D eigenvalue weighted by atomic mass is 9.86. The first kappa shape index (κ1) is 19.6. The third-order valence-corrected chi connectivity index (χ3v) is 3.61. The van der Waals surface area contributed by atoms with E-state index in [1.165, 1.54) is 7.11 Å². The second-order valence-corrected chi connectivity index (χ2v) is 6.87. The van der Waals surface area contributed by atoms with Gasteiger partial charge in [0.1, 0.15) is 0 Å². The van der Waals surface area contributed by atoms with Gasteiger partial charge in [-0.25, -0.2) is 4.79 Å². The molecular weight excluding hydrogens is 268 g/mol. The van der Waals surface area contributed by atoms with E-state index in [2.05, 4.69) is 0 Å². The Morgan fingerprint density at radius 2 is 1.71 bits per heavy atom. The van der Waals surface area contributed by atoms with E-state index in [9.17, 15) is 9.59 Å². The van der Waals surface area contributed by atoms with Gasteiger partial charge in [-0.05, 0) is 18.3 Å². The summed E-state index contributed by atoms with van der Waals surface area (Å²) in [6.07, 6.45) is 1.77. The summed E-state index contributed by atoms with van der Waals surface area (Å²) in [6, 6.07) is -0.791. The number of nitrogens with zero attached hydrogens (tertiary/aromatic N) is 1. The van der Waals surface area contributed by atoms with Crippen LogP contribution in [0.2, 0.25) is 0 Å². The van der Waals surface area contributed by atoms with Gasteiger partial charge in [0.05, 0.1) is 19.2 Å². The van der Waals surface area contributed by atoms with Crippen LogP contribution in [-0.4, -0.2) is 43.0 Å². The summed E-state index contributed by atoms with van der Waals surface area (Å²) in [5.41, 5.74) is 6.22. The van der Waals surface area contributed by atoms with Gasteiger partial charge in [0, 0.05) is 12.6 Å². The third-order valence-electron chi connectivity index (χ3n) is 3.61. The van der Waals surface area contributed by atoms with Gasteiger partial charge in [-0.3, -0.25) is 4.79 Å². The number of ether oxygens (including phenoxy) is 1. The zero-order chi connectivity index (χ0) is 17.0. The molecule has 1 amide bonds. The molecule has 0 aliphatic carbocycles. The highest BCUT2D eigenvalue weighted by Crippen LogP contribution is 2.21. The minimum Gasteiger partial charge on any atom is -0.466 e. The van der Waals surface area contributed by atoms with E-state index in [1.807, 2.05) is 34.6 Å². The normalized spacial score (nSPS) is 15.6. The average molecular weight is 298 g/mol. The van der Waals surface area contributed by atoms with Crippen molar-refractivity contribution in [2.75, 3.05) is 14.2 Å². The van der Waals surface area contributed by atoms with Crippen molar-refractivity contribution in [3.05, 3.63) is 11.6 Å². The number of likely N-dealkylation sites (N-methyl/N-ethyl adjacent to an activating group) is 1. The standard InChI is InChI=1S/C16H30N2O3/c1-10(2)12(9-11(3)15(20)21-8)18(7)14(19)13(17)16(4,5)6/h9-10,12-13H,17H2,1-8H3/b11-9+/t12-,13-/m1/s1. The first-order valence-electron chi connectivity index (χ1n) is 7.22. The lowest BCUT2D eigenvalue weighted by Crippen LogP contribution is -2.52. The Labute approximate surface area is 128 Å². The molecule has 0 unspecified atom stereocenters. The van der Waals surface area contributed by atoms with E-state index in [1.54, 1.807) is 24.9 Å². The van der Waals surface area contributed by atoms with E-state index >= 15 is 0 Å². The van der Waals surface area contributed by atoms with Crippen LogP contribution in [0.1, 0.15) is 41.5 Å². The highest BCUT2D eigenvalue weighted by atomic mass is 16.5. The molecule has 21 heavy (non-hydrogen) atoms. The number of rotatable bonds is 5. The van der Waals surface area contributed by atoms with Crippen molar-refractivity contribution in [2.45, 2.75) is 53.6 Å². The predicted molar refractivity (Wildman–Crippen MR) is 84.6 cm³/mol. The smallest absolute Gasteiger partial charge is 0.333 e. The fraction of sp³-hybridized carbons (Fsp3) is 0.750. The minimum absolute atomic E-state index is 0.130. The van der Waals surface area contributed by atoms with Crippen molar-refractivity contribution in [3.8, 4) is 0 Å². The molecule has 0 heterocycles. The molecule has 0 saturated heterocycles. The summed E-state index contributed by atoms with van der Waals surface area (Å²) < 4.78 is 4.70. The Kier molecular flexibility index (Phi) is 7.10. The van der Waals surface area contributed by atoms with Gasteiger partial charge in [-0.1, -0.05) is 40.7 Å². The molecule has 5 nitrogen and oxygen atoms in total. The number of esters is 1. The highest BCUT2D eigenvalue weighted by molar-refractivity contribution is 5.88. The molecule has 0 saturated carbocycles. The topological polar surface area (TPSA) is 72.6 Å². The first-order valence-corrected chi connectivity index (χ1v) is 7.22. The van der Waals surface area contributed by atoms with Crippen LogP contribution in [0.15, 0.2) is 11.6 Å². The summed E-state index contributed by atoms with van der Waals surface area (Å²) >= 11 is 0. The number of hydrogen-bond acceptors (Lipinski definition) is 4. The number of carbonyl (C=O) groups excluding carboxylic acids is 2. The number of hydrogen-bond donors (Lipinski definition) is 1. The molecule has 0 radical (unpaired) electrons. The average Bonchev–Trinajstić information content (AvgIpc) is 2.39. The fourth-order valence-electron chi connectivity index (χ4n) is 1.97. The molecule has 0 rings (SSSR count). The van der Waals surface area contributed by atoms with Gasteiger partial charge in [0.25, 0.3) is 0 Å². The number of methoxy groups -OCH3 is 1. The maximum atomic E-state index is 12.5. The molecule has 0 aromatic carbocycles. The summed E-state index contributed by atoms with van der Waals surface area (Å²) in [5.74, 6) is -0.359. The van der Waals surface area contributed by atoms with E-state index in [4.69, 9.17) is 10.5 Å². The van der Waals surface area contributed by atoms with Crippen molar-refractivity contribution in [1.29, 1.82) is 0 Å². The number of amides is 1. The van der Waals surface area contributed by atoms with E-state index in [-0.39, 0.29) is 29.3 Å². The van der Waals surface area contributed by atoms with Crippen LogP contribution in [0.3, 0.4) is 0 Å². The molecule has 0 spiro atoms. The maximum absolute atomic E-state index is 12.5. The van der Waals surface area contributed by atoms with Crippen molar-refractivity contribution in [1.82, 2.24) is 4.90 Å². The molecule has 0 bridgehead atoms. The minimum atomic E-state index is -0.587. The molecule has 5 heteroatoms. The van der Waals surface area contributed by atoms with E-state index < -0.39 is 6.04 Å². The molecule has 0 aromatic heterocycles. The van der Waals surface area contributed by atoms with Crippen molar-refractivity contribution in [3.63, 3.8) is 0 Å². The Bertz CT molecular complexity index is 408. The monoisotopic (exact) mass is 298 g/mol. The van der Waals surface area contributed by atoms with Crippen LogP contribution in [0.25, 0.3) is 0 Å². The Hall–Kier alpha value is -1.36. The number of nitrogens with two attached hydrogens (primary N) is 1. The van der Waals surface area contributed by atoms with Gasteiger partial charge in [0.15, 0.2) is 0 Å². The van der Waals surface area contributed by atoms with Crippen LogP contribution < -0.4 is 5.73 Å². The van der Waals surface area contributed by atoms with Crippen LogP contribution in [0, 0.1) is 11.3 Å². The van der Waals surface area contributed by atoms with Crippen molar-refractivity contribution in [2.24, 2.45) is 17.1 Å². The third kappa shape index (κ3) is 5.50. The second kappa shape index (κ2) is 7.59. The van der Waals surface area contributed by atoms with Gasteiger partial charge in [-0.2, -0.15) is 0 Å². The Morgan fingerprint density at radius 1 is 1.24 bits per heavy atom. The van der Waals surface area contributed by atoms with E-state index in [0.29, 0.717) is 5.57 Å². The van der Waals surface area contributed by atoms with Crippen molar-refractivity contribution >= 4 is 11.9 Å². The molecule has 0 fully saturated rings. The van der Waals surface area contributed by atoms with Gasteiger partial charge in [0.2, 0.25) is 5.91 Å². The zero-order valence-corrected chi connectivity index (χ0v) is 14.6. The molecule has 0 aliphatic heterocycles. The molecule has 0 aromatic rings. The largest absolute Gasteiger partial charge is 0.466 e. The predicted octanol–water partition coefficient (Wildman–Crippen LogP) is 1.96. The lowest BCUT2D eigenvalue weighted by molar-refractivity contribution is -0.137. The van der Waals surface area contributed by atoms with Crippen molar-refractivity contribution < 1.29 is 14.3 Å². The summed E-state index contributed by atoms with van der Waals surface area (Å²) in [7, 11) is 3.06.